The lowest BCUT2D eigenvalue weighted by molar-refractivity contribution is -0.275. The van der Waals surface area contributed by atoms with Crippen LogP contribution in [0.5, 0.6) is 5.75 Å². The van der Waals surface area contributed by atoms with Gasteiger partial charge in [-0.1, -0.05) is 18.2 Å². The summed E-state index contributed by atoms with van der Waals surface area (Å²) in [6.45, 7) is 0. The lowest BCUT2D eigenvalue weighted by Gasteiger charge is -2.33. The first kappa shape index (κ1) is 14.1. The van der Waals surface area contributed by atoms with E-state index in [2.05, 4.69) is 4.74 Å². The number of ether oxygens (including phenoxy) is 1. The molecule has 0 aliphatic heterocycles. The Morgan fingerprint density at radius 3 is 2.32 bits per heavy atom. The minimum atomic E-state index is -4.82. The Balaban J connectivity index is 2.29. The predicted molar refractivity (Wildman–Crippen MR) is 62.4 cm³/mol. The minimum Gasteiger partial charge on any atom is -0.405 e. The number of rotatable bonds is 2. The van der Waals surface area contributed by atoms with E-state index in [9.17, 15) is 17.6 Å². The van der Waals surface area contributed by atoms with Crippen LogP contribution < -0.4 is 10.5 Å². The monoisotopic (exact) mass is 277 g/mol. The van der Waals surface area contributed by atoms with Gasteiger partial charge in [0.25, 0.3) is 0 Å². The van der Waals surface area contributed by atoms with Crippen molar-refractivity contribution in [1.82, 2.24) is 0 Å². The van der Waals surface area contributed by atoms with Gasteiger partial charge in [-0.2, -0.15) is 0 Å². The number of hydrogen-bond acceptors (Lipinski definition) is 2. The summed E-state index contributed by atoms with van der Waals surface area (Å²) in [5, 5.41) is 0. The number of para-hydroxylation sites is 1. The molecule has 1 saturated carbocycles. The molecule has 0 spiro atoms. The zero-order valence-electron chi connectivity index (χ0n) is 10.2. The smallest absolute Gasteiger partial charge is 0.405 e. The van der Waals surface area contributed by atoms with E-state index in [0.717, 1.165) is 6.07 Å². The van der Waals surface area contributed by atoms with E-state index < -0.39 is 17.8 Å². The molecule has 2 rings (SSSR count). The Bertz CT molecular complexity index is 439. The van der Waals surface area contributed by atoms with Crippen LogP contribution >= 0.6 is 0 Å². The lowest BCUT2D eigenvalue weighted by Crippen LogP contribution is -2.34. The van der Waals surface area contributed by atoms with Crippen LogP contribution in [-0.2, 0) is 5.67 Å². The second-order valence-corrected chi connectivity index (χ2v) is 4.85. The van der Waals surface area contributed by atoms with Crippen LogP contribution in [0.3, 0.4) is 0 Å². The first-order chi connectivity index (χ1) is 8.80. The molecule has 1 aromatic carbocycles. The molecule has 0 atom stereocenters. The van der Waals surface area contributed by atoms with Gasteiger partial charge in [-0.15, -0.1) is 13.2 Å². The maximum absolute atomic E-state index is 14.8. The quantitative estimate of drug-likeness (QED) is 0.837. The van der Waals surface area contributed by atoms with Crippen molar-refractivity contribution in [2.45, 2.75) is 43.8 Å². The van der Waals surface area contributed by atoms with Crippen molar-refractivity contribution >= 4 is 0 Å². The molecule has 0 bridgehead atoms. The van der Waals surface area contributed by atoms with E-state index in [-0.39, 0.29) is 24.4 Å². The molecular weight excluding hydrogens is 262 g/mol. The summed E-state index contributed by atoms with van der Waals surface area (Å²) in [7, 11) is 0. The molecule has 1 aromatic rings. The van der Waals surface area contributed by atoms with Crippen LogP contribution in [0.25, 0.3) is 0 Å². The first-order valence-corrected chi connectivity index (χ1v) is 6.10. The molecule has 19 heavy (non-hydrogen) atoms. The fourth-order valence-electron chi connectivity index (χ4n) is 2.42. The van der Waals surface area contributed by atoms with Crippen LogP contribution in [0.15, 0.2) is 24.3 Å². The van der Waals surface area contributed by atoms with Crippen LogP contribution in [0, 0.1) is 0 Å². The summed E-state index contributed by atoms with van der Waals surface area (Å²) >= 11 is 0. The third kappa shape index (κ3) is 3.37. The fourth-order valence-corrected chi connectivity index (χ4v) is 2.42. The number of benzene rings is 1. The zero-order valence-corrected chi connectivity index (χ0v) is 10.2. The van der Waals surface area contributed by atoms with Crippen molar-refractivity contribution in [3.63, 3.8) is 0 Å². The molecular formula is C13H15F4NO. The summed E-state index contributed by atoms with van der Waals surface area (Å²) in [5.41, 5.74) is 3.86. The van der Waals surface area contributed by atoms with Gasteiger partial charge in [0, 0.05) is 11.6 Å². The van der Waals surface area contributed by atoms with Crippen molar-refractivity contribution in [3.8, 4) is 5.75 Å². The summed E-state index contributed by atoms with van der Waals surface area (Å²) in [5.74, 6) is -0.465. The Hall–Kier alpha value is -1.30. The number of halogens is 4. The molecule has 1 fully saturated rings. The van der Waals surface area contributed by atoms with E-state index >= 15 is 0 Å². The van der Waals surface area contributed by atoms with Crippen LogP contribution in [0.1, 0.15) is 31.2 Å². The van der Waals surface area contributed by atoms with Gasteiger partial charge in [0.1, 0.15) is 11.4 Å². The molecule has 0 amide bonds. The molecule has 1 aliphatic carbocycles. The first-order valence-electron chi connectivity index (χ1n) is 6.10. The SMILES string of the molecule is NC1CCC(F)(c2ccccc2OC(F)(F)F)CC1. The van der Waals surface area contributed by atoms with E-state index in [4.69, 9.17) is 5.73 Å². The molecule has 0 radical (unpaired) electrons. The molecule has 0 heterocycles. The molecule has 2 N–H and O–H groups in total. The standard InChI is InChI=1S/C13H15F4NO/c14-12(7-5-9(18)6-8-12)10-3-1-2-4-11(10)19-13(15,16)17/h1-4,9H,5-8,18H2. The highest BCUT2D eigenvalue weighted by Gasteiger charge is 2.40. The van der Waals surface area contributed by atoms with Gasteiger partial charge in [-0.3, -0.25) is 0 Å². The fraction of sp³-hybridized carbons (Fsp3) is 0.538. The highest BCUT2D eigenvalue weighted by molar-refractivity contribution is 5.38. The second kappa shape index (κ2) is 5.00. The molecule has 1 aliphatic rings. The van der Waals surface area contributed by atoms with Gasteiger partial charge in [0.2, 0.25) is 0 Å². The van der Waals surface area contributed by atoms with Crippen molar-refractivity contribution in [2.75, 3.05) is 0 Å². The second-order valence-electron chi connectivity index (χ2n) is 4.85. The number of alkyl halides is 4. The molecule has 0 saturated heterocycles. The maximum Gasteiger partial charge on any atom is 0.573 e. The summed E-state index contributed by atoms with van der Waals surface area (Å²) in [6, 6.07) is 5.30. The average molecular weight is 277 g/mol. The van der Waals surface area contributed by atoms with E-state index in [1.807, 2.05) is 0 Å². The summed E-state index contributed by atoms with van der Waals surface area (Å²) in [6.07, 6.45) is -3.68. The van der Waals surface area contributed by atoms with Gasteiger partial charge in [-0.05, 0) is 31.7 Å². The predicted octanol–water partition coefficient (Wildman–Crippen LogP) is 3.65. The highest BCUT2D eigenvalue weighted by Crippen LogP contribution is 2.45. The third-order valence-corrected chi connectivity index (χ3v) is 3.42. The Morgan fingerprint density at radius 1 is 1.16 bits per heavy atom. The van der Waals surface area contributed by atoms with E-state index in [1.165, 1.54) is 18.2 Å². The number of nitrogens with two attached hydrogens (primary N) is 1. The largest absolute Gasteiger partial charge is 0.573 e. The van der Waals surface area contributed by atoms with Crippen molar-refractivity contribution in [2.24, 2.45) is 5.73 Å². The molecule has 6 heteroatoms. The van der Waals surface area contributed by atoms with Gasteiger partial charge in [0.15, 0.2) is 0 Å². The molecule has 2 nitrogen and oxygen atoms in total. The Labute approximate surface area is 108 Å². The van der Waals surface area contributed by atoms with Gasteiger partial charge >= 0.3 is 6.36 Å². The third-order valence-electron chi connectivity index (χ3n) is 3.42. The van der Waals surface area contributed by atoms with Crippen LogP contribution in [0.2, 0.25) is 0 Å². The Kier molecular flexibility index (Phi) is 3.71. The van der Waals surface area contributed by atoms with Gasteiger partial charge < -0.3 is 10.5 Å². The highest BCUT2D eigenvalue weighted by atomic mass is 19.4. The normalized spacial score (nSPS) is 28.2. The topological polar surface area (TPSA) is 35.2 Å². The van der Waals surface area contributed by atoms with Crippen LogP contribution in [0.4, 0.5) is 17.6 Å². The van der Waals surface area contributed by atoms with Gasteiger partial charge in [0.05, 0.1) is 0 Å². The van der Waals surface area contributed by atoms with Crippen LogP contribution in [-0.4, -0.2) is 12.4 Å². The van der Waals surface area contributed by atoms with Gasteiger partial charge in [-0.25, -0.2) is 4.39 Å². The Morgan fingerprint density at radius 2 is 1.74 bits per heavy atom. The molecule has 0 aromatic heterocycles. The van der Waals surface area contributed by atoms with Crippen molar-refractivity contribution in [1.29, 1.82) is 0 Å². The maximum atomic E-state index is 14.8. The summed E-state index contributed by atoms with van der Waals surface area (Å²) < 4.78 is 55.6. The van der Waals surface area contributed by atoms with Crippen molar-refractivity contribution < 1.29 is 22.3 Å². The minimum absolute atomic E-state index is 0.0424. The average Bonchev–Trinajstić information content (AvgIpc) is 2.32. The van der Waals surface area contributed by atoms with E-state index in [1.54, 1.807) is 0 Å². The van der Waals surface area contributed by atoms with E-state index in [0.29, 0.717) is 12.8 Å². The zero-order chi connectivity index (χ0) is 14.1. The molecule has 106 valence electrons. The summed E-state index contributed by atoms with van der Waals surface area (Å²) in [4.78, 5) is 0. The number of hydrogen-bond donors (Lipinski definition) is 1. The van der Waals surface area contributed by atoms with Crippen molar-refractivity contribution in [3.05, 3.63) is 29.8 Å². The lowest BCUT2D eigenvalue weighted by atomic mass is 9.79. The molecule has 0 unspecified atom stereocenters.